The fourth-order valence-corrected chi connectivity index (χ4v) is 2.01. The smallest absolute Gasteiger partial charge is 0.109 e. The van der Waals surface area contributed by atoms with Crippen LogP contribution in [0, 0.1) is 0 Å². The summed E-state index contributed by atoms with van der Waals surface area (Å²) in [6.45, 7) is 4.58. The zero-order valence-electron chi connectivity index (χ0n) is 9.85. The average molecular weight is 218 g/mol. The molecule has 1 N–H and O–H groups in total. The van der Waals surface area contributed by atoms with Crippen molar-refractivity contribution < 1.29 is 5.11 Å². The summed E-state index contributed by atoms with van der Waals surface area (Å²) in [5.74, 6) is 1.07. The average Bonchev–Trinajstić information content (AvgIpc) is 2.57. The van der Waals surface area contributed by atoms with E-state index in [4.69, 9.17) is 0 Å². The molecule has 16 heavy (non-hydrogen) atoms. The van der Waals surface area contributed by atoms with Gasteiger partial charge < -0.3 is 9.67 Å². The molecule has 1 heterocycles. The molecule has 3 nitrogen and oxygen atoms in total. The Bertz CT molecular complexity index is 474. The van der Waals surface area contributed by atoms with Crippen LogP contribution in [-0.4, -0.2) is 20.8 Å². The van der Waals surface area contributed by atoms with Gasteiger partial charge in [0.25, 0.3) is 0 Å². The highest BCUT2D eigenvalue weighted by Crippen LogP contribution is 2.17. The van der Waals surface area contributed by atoms with Crippen LogP contribution in [0.3, 0.4) is 0 Å². The highest BCUT2D eigenvalue weighted by Gasteiger charge is 2.10. The molecule has 0 fully saturated rings. The number of aliphatic hydroxyl groups is 1. The fraction of sp³-hybridized carbons (Fsp3) is 0.462. The van der Waals surface area contributed by atoms with E-state index in [-0.39, 0.29) is 6.10 Å². The molecule has 0 aliphatic carbocycles. The Balaban J connectivity index is 2.50. The first kappa shape index (κ1) is 11.1. The molecule has 1 aromatic heterocycles. The number of aromatic nitrogens is 2. The van der Waals surface area contributed by atoms with Crippen LogP contribution >= 0.6 is 0 Å². The van der Waals surface area contributed by atoms with Gasteiger partial charge in [0.15, 0.2) is 0 Å². The normalized spacial score (nSPS) is 13.2. The summed E-state index contributed by atoms with van der Waals surface area (Å²) in [5, 5.41) is 9.53. The van der Waals surface area contributed by atoms with E-state index in [9.17, 15) is 5.11 Å². The van der Waals surface area contributed by atoms with Gasteiger partial charge in [0, 0.05) is 6.42 Å². The lowest BCUT2D eigenvalue weighted by atomic mass is 10.3. The van der Waals surface area contributed by atoms with Gasteiger partial charge in [-0.05, 0) is 25.5 Å². The quantitative estimate of drug-likeness (QED) is 0.855. The van der Waals surface area contributed by atoms with Crippen LogP contribution in [0.25, 0.3) is 11.0 Å². The molecule has 0 aliphatic heterocycles. The van der Waals surface area contributed by atoms with Gasteiger partial charge in [-0.1, -0.05) is 19.1 Å². The number of hydrogen-bond acceptors (Lipinski definition) is 2. The molecular formula is C13H18N2O. The second kappa shape index (κ2) is 4.66. The van der Waals surface area contributed by atoms with E-state index >= 15 is 0 Å². The first-order chi connectivity index (χ1) is 7.72. The highest BCUT2D eigenvalue weighted by atomic mass is 16.3. The molecule has 0 radical (unpaired) electrons. The number of aryl methyl sites for hydroxylation is 1. The van der Waals surface area contributed by atoms with Crippen LogP contribution < -0.4 is 0 Å². The van der Waals surface area contributed by atoms with Crippen molar-refractivity contribution in [3.63, 3.8) is 0 Å². The number of fused-ring (bicyclic) bond motifs is 1. The molecule has 86 valence electrons. The molecule has 2 rings (SSSR count). The van der Waals surface area contributed by atoms with E-state index in [1.807, 2.05) is 25.1 Å². The van der Waals surface area contributed by atoms with Gasteiger partial charge in [0.1, 0.15) is 5.82 Å². The van der Waals surface area contributed by atoms with Crippen molar-refractivity contribution in [2.75, 3.05) is 0 Å². The number of imidazole rings is 1. The van der Waals surface area contributed by atoms with Gasteiger partial charge in [-0.3, -0.25) is 0 Å². The van der Waals surface area contributed by atoms with Crippen LogP contribution in [0.1, 0.15) is 26.1 Å². The van der Waals surface area contributed by atoms with Crippen molar-refractivity contribution in [1.29, 1.82) is 0 Å². The molecular weight excluding hydrogens is 200 g/mol. The summed E-state index contributed by atoms with van der Waals surface area (Å²) < 4.78 is 2.13. The molecule has 0 bridgehead atoms. The van der Waals surface area contributed by atoms with Crippen LogP contribution in [0.5, 0.6) is 0 Å². The van der Waals surface area contributed by atoms with Crippen molar-refractivity contribution in [3.8, 4) is 0 Å². The van der Waals surface area contributed by atoms with Crippen molar-refractivity contribution in [1.82, 2.24) is 9.55 Å². The molecule has 0 spiro atoms. The fourth-order valence-electron chi connectivity index (χ4n) is 2.01. The maximum Gasteiger partial charge on any atom is 0.109 e. The van der Waals surface area contributed by atoms with Crippen LogP contribution in [-0.2, 0) is 13.0 Å². The molecule has 1 aromatic carbocycles. The maximum atomic E-state index is 9.53. The minimum Gasteiger partial charge on any atom is -0.392 e. The largest absolute Gasteiger partial charge is 0.392 e. The minimum atomic E-state index is -0.340. The molecule has 0 saturated carbocycles. The Morgan fingerprint density at radius 2 is 2.12 bits per heavy atom. The third-order valence-corrected chi connectivity index (χ3v) is 2.65. The Kier molecular flexibility index (Phi) is 3.25. The number of aliphatic hydroxyl groups excluding tert-OH is 1. The van der Waals surface area contributed by atoms with E-state index in [1.165, 1.54) is 0 Å². The summed E-state index contributed by atoms with van der Waals surface area (Å²) >= 11 is 0. The summed E-state index contributed by atoms with van der Waals surface area (Å²) in [6, 6.07) is 8.09. The number of rotatable bonds is 4. The van der Waals surface area contributed by atoms with Crippen LogP contribution in [0.2, 0.25) is 0 Å². The maximum absolute atomic E-state index is 9.53. The van der Waals surface area contributed by atoms with E-state index in [2.05, 4.69) is 22.5 Å². The van der Waals surface area contributed by atoms with E-state index in [0.29, 0.717) is 6.54 Å². The van der Waals surface area contributed by atoms with Crippen molar-refractivity contribution in [2.45, 2.75) is 39.3 Å². The molecule has 1 atom stereocenters. The topological polar surface area (TPSA) is 38.0 Å². The number of hydrogen-bond donors (Lipinski definition) is 1. The Morgan fingerprint density at radius 1 is 1.38 bits per heavy atom. The summed E-state index contributed by atoms with van der Waals surface area (Å²) in [6.07, 6.45) is 1.69. The second-order valence-corrected chi connectivity index (χ2v) is 4.23. The van der Waals surface area contributed by atoms with Crippen molar-refractivity contribution >= 4 is 11.0 Å². The van der Waals surface area contributed by atoms with Crippen molar-refractivity contribution in [3.05, 3.63) is 30.1 Å². The minimum absolute atomic E-state index is 0.340. The van der Waals surface area contributed by atoms with Gasteiger partial charge in [0.2, 0.25) is 0 Å². The molecule has 3 heteroatoms. The molecule has 0 unspecified atom stereocenters. The lowest BCUT2D eigenvalue weighted by Gasteiger charge is -2.10. The zero-order valence-corrected chi connectivity index (χ0v) is 9.85. The van der Waals surface area contributed by atoms with Crippen molar-refractivity contribution in [2.24, 2.45) is 0 Å². The zero-order chi connectivity index (χ0) is 11.5. The van der Waals surface area contributed by atoms with Gasteiger partial charge in [-0.25, -0.2) is 4.98 Å². The number of benzene rings is 1. The van der Waals surface area contributed by atoms with Gasteiger partial charge in [-0.15, -0.1) is 0 Å². The molecule has 0 aliphatic rings. The Morgan fingerprint density at radius 3 is 2.81 bits per heavy atom. The lowest BCUT2D eigenvalue weighted by molar-refractivity contribution is 0.173. The van der Waals surface area contributed by atoms with Crippen LogP contribution in [0.4, 0.5) is 0 Å². The SMILES string of the molecule is CCCc1nc2ccccc2n1C[C@@H](C)O. The third kappa shape index (κ3) is 2.09. The van der Waals surface area contributed by atoms with Gasteiger partial charge >= 0.3 is 0 Å². The molecule has 0 saturated heterocycles. The summed E-state index contributed by atoms with van der Waals surface area (Å²) in [4.78, 5) is 4.61. The monoisotopic (exact) mass is 218 g/mol. The number of para-hydroxylation sites is 2. The Labute approximate surface area is 95.7 Å². The summed E-state index contributed by atoms with van der Waals surface area (Å²) in [7, 11) is 0. The molecule has 2 aromatic rings. The molecule has 0 amide bonds. The van der Waals surface area contributed by atoms with Gasteiger partial charge in [-0.2, -0.15) is 0 Å². The van der Waals surface area contributed by atoms with E-state index < -0.39 is 0 Å². The standard InChI is InChI=1S/C13H18N2O/c1-3-6-13-14-11-7-4-5-8-12(11)15(13)9-10(2)16/h4-5,7-8,10,16H,3,6,9H2,1-2H3/t10-/m1/s1. The first-order valence-corrected chi connectivity index (χ1v) is 5.84. The highest BCUT2D eigenvalue weighted by molar-refractivity contribution is 5.75. The second-order valence-electron chi connectivity index (χ2n) is 4.23. The Hall–Kier alpha value is -1.35. The predicted molar refractivity (Wildman–Crippen MR) is 65.4 cm³/mol. The predicted octanol–water partition coefficient (Wildman–Crippen LogP) is 2.37. The third-order valence-electron chi connectivity index (χ3n) is 2.65. The summed E-state index contributed by atoms with van der Waals surface area (Å²) in [5.41, 5.74) is 2.14. The van der Waals surface area contributed by atoms with E-state index in [1.54, 1.807) is 0 Å². The van der Waals surface area contributed by atoms with Gasteiger partial charge in [0.05, 0.1) is 23.7 Å². The van der Waals surface area contributed by atoms with Crippen LogP contribution in [0.15, 0.2) is 24.3 Å². The number of nitrogens with zero attached hydrogens (tertiary/aromatic N) is 2. The van der Waals surface area contributed by atoms with E-state index in [0.717, 1.165) is 29.7 Å². The lowest BCUT2D eigenvalue weighted by Crippen LogP contribution is -2.14. The first-order valence-electron chi connectivity index (χ1n) is 5.84.